The predicted molar refractivity (Wildman–Crippen MR) is 138 cm³/mol. The summed E-state index contributed by atoms with van der Waals surface area (Å²) in [6, 6.07) is 28.0. The van der Waals surface area contributed by atoms with Gasteiger partial charge in [-0.25, -0.2) is 0 Å². The molecule has 0 amide bonds. The van der Waals surface area contributed by atoms with Crippen LogP contribution in [0.5, 0.6) is 0 Å². The Kier molecular flexibility index (Phi) is 7.15. The van der Waals surface area contributed by atoms with Crippen molar-refractivity contribution in [1.82, 2.24) is 0 Å². The second kappa shape index (κ2) is 10.1. The van der Waals surface area contributed by atoms with Gasteiger partial charge in [-0.3, -0.25) is 0 Å². The maximum absolute atomic E-state index is 2.40. The largest absolute Gasteiger partial charge is 1.00 e. The van der Waals surface area contributed by atoms with E-state index in [9.17, 15) is 0 Å². The molecular weight excluding hydrogens is 535 g/mol. The van der Waals surface area contributed by atoms with Crippen LogP contribution in [0.2, 0.25) is 0 Å². The van der Waals surface area contributed by atoms with Crippen molar-refractivity contribution in [1.29, 1.82) is 0 Å². The van der Waals surface area contributed by atoms with Crippen molar-refractivity contribution < 1.29 is 28.5 Å². The van der Waals surface area contributed by atoms with Crippen LogP contribution in [0, 0.1) is 6.92 Å². The van der Waals surface area contributed by atoms with Gasteiger partial charge in [0, 0.05) is 29.6 Å². The van der Waals surface area contributed by atoms with E-state index in [1.54, 1.807) is 0 Å². The number of thiazole rings is 1. The summed E-state index contributed by atoms with van der Waals surface area (Å²) in [6.07, 6.45) is 6.81. The highest BCUT2D eigenvalue weighted by molar-refractivity contribution is 7.12. The molecule has 1 aromatic heterocycles. The van der Waals surface area contributed by atoms with Gasteiger partial charge in [-0.2, -0.15) is 4.57 Å². The first-order valence-corrected chi connectivity index (χ1v) is 11.9. The maximum atomic E-state index is 2.40. The van der Waals surface area contributed by atoms with Crippen molar-refractivity contribution >= 4 is 29.2 Å². The smallest absolute Gasteiger partial charge is 0.264 e. The minimum Gasteiger partial charge on any atom is -1.00 e. The summed E-state index contributed by atoms with van der Waals surface area (Å²) in [7, 11) is 2.17. The monoisotopic (exact) mass is 562 g/mol. The lowest BCUT2D eigenvalue weighted by Crippen LogP contribution is -3.00. The molecule has 3 aromatic carbocycles. The molecule has 4 heteroatoms. The Hall–Kier alpha value is -2.70. The molecule has 0 atom stereocenters. The molecule has 2 nitrogen and oxygen atoms in total. The molecule has 0 fully saturated rings. The van der Waals surface area contributed by atoms with Crippen LogP contribution in [0.25, 0.3) is 34.5 Å². The van der Waals surface area contributed by atoms with E-state index in [0.717, 1.165) is 6.54 Å². The van der Waals surface area contributed by atoms with Crippen LogP contribution in [0.4, 0.5) is 5.69 Å². The zero-order chi connectivity index (χ0) is 22.1. The summed E-state index contributed by atoms with van der Waals surface area (Å²) in [5.41, 5.74) is 8.82. The standard InChI is InChI=1S/C29H27N2S.HI/c1-4-31-26(20-28-30(3)29(21(2)32-28)23-13-9-6-10-14-23)17-15-25-19-24(16-18-27(25)31)22-11-7-5-8-12-22;/h5-20H,4H2,1-3H3;1H/q+1;/p-1. The van der Waals surface area contributed by atoms with Crippen molar-refractivity contribution in [3.05, 3.63) is 106 Å². The number of fused-ring (bicyclic) bond motifs is 1. The molecule has 4 aromatic rings. The first-order chi connectivity index (χ1) is 15.7. The van der Waals surface area contributed by atoms with Gasteiger partial charge in [0.05, 0.1) is 4.88 Å². The predicted octanol–water partition coefficient (Wildman–Crippen LogP) is 4.11. The zero-order valence-electron chi connectivity index (χ0n) is 19.1. The van der Waals surface area contributed by atoms with E-state index in [1.807, 2.05) is 11.3 Å². The third kappa shape index (κ3) is 4.55. The lowest BCUT2D eigenvalue weighted by atomic mass is 9.98. The highest BCUT2D eigenvalue weighted by Gasteiger charge is 2.23. The Morgan fingerprint density at radius 1 is 0.848 bits per heavy atom. The third-order valence-electron chi connectivity index (χ3n) is 6.06. The van der Waals surface area contributed by atoms with Crippen molar-refractivity contribution in [3.8, 4) is 22.4 Å². The molecule has 1 aliphatic rings. The van der Waals surface area contributed by atoms with Crippen LogP contribution < -0.4 is 33.4 Å². The number of rotatable bonds is 4. The fraction of sp³-hybridized carbons (Fsp3) is 0.138. The van der Waals surface area contributed by atoms with Gasteiger partial charge in [-0.1, -0.05) is 72.0 Å². The highest BCUT2D eigenvalue weighted by Crippen LogP contribution is 2.35. The molecule has 0 saturated heterocycles. The van der Waals surface area contributed by atoms with Gasteiger partial charge in [-0.05, 0) is 60.9 Å². The van der Waals surface area contributed by atoms with Gasteiger partial charge in [0.15, 0.2) is 0 Å². The first-order valence-electron chi connectivity index (χ1n) is 11.1. The normalized spacial score (nSPS) is 13.7. The second-order valence-corrected chi connectivity index (χ2v) is 9.29. The van der Waals surface area contributed by atoms with E-state index in [2.05, 4.69) is 127 Å². The van der Waals surface area contributed by atoms with E-state index in [1.165, 1.54) is 49.2 Å². The molecule has 5 rings (SSSR count). The van der Waals surface area contributed by atoms with E-state index >= 15 is 0 Å². The third-order valence-corrected chi connectivity index (χ3v) is 7.16. The van der Waals surface area contributed by atoms with E-state index in [0.29, 0.717) is 0 Å². The number of halogens is 1. The molecule has 0 saturated carbocycles. The minimum absolute atomic E-state index is 0. The van der Waals surface area contributed by atoms with E-state index in [4.69, 9.17) is 0 Å². The molecular formula is C29H27IN2S. The molecule has 0 radical (unpaired) electrons. The summed E-state index contributed by atoms with van der Waals surface area (Å²) in [5, 5.41) is 1.25. The summed E-state index contributed by atoms with van der Waals surface area (Å²) < 4.78 is 2.32. The molecule has 0 spiro atoms. The number of allylic oxidation sites excluding steroid dienone is 1. The van der Waals surface area contributed by atoms with Crippen molar-refractivity contribution in [2.75, 3.05) is 11.4 Å². The summed E-state index contributed by atoms with van der Waals surface area (Å²) in [4.78, 5) is 3.74. The van der Waals surface area contributed by atoms with Gasteiger partial charge in [-0.15, -0.1) is 0 Å². The lowest BCUT2D eigenvalue weighted by Gasteiger charge is -2.29. The Bertz CT molecular complexity index is 1320. The van der Waals surface area contributed by atoms with Gasteiger partial charge in [0.25, 0.3) is 5.01 Å². The topological polar surface area (TPSA) is 7.12 Å². The van der Waals surface area contributed by atoms with Crippen molar-refractivity contribution in [2.45, 2.75) is 13.8 Å². The van der Waals surface area contributed by atoms with E-state index in [-0.39, 0.29) is 24.0 Å². The van der Waals surface area contributed by atoms with Crippen LogP contribution in [0.1, 0.15) is 22.4 Å². The number of anilines is 1. The van der Waals surface area contributed by atoms with Crippen LogP contribution in [0.15, 0.2) is 90.6 Å². The fourth-order valence-corrected chi connectivity index (χ4v) is 5.57. The number of hydrogen-bond donors (Lipinski definition) is 0. The van der Waals surface area contributed by atoms with E-state index < -0.39 is 0 Å². The van der Waals surface area contributed by atoms with Crippen molar-refractivity contribution in [2.24, 2.45) is 7.05 Å². The number of hydrogen-bond acceptors (Lipinski definition) is 2. The number of benzene rings is 3. The van der Waals surface area contributed by atoms with Gasteiger partial charge in [0.2, 0.25) is 5.69 Å². The maximum Gasteiger partial charge on any atom is 0.264 e. The van der Waals surface area contributed by atoms with Crippen LogP contribution in [-0.2, 0) is 7.05 Å². The molecule has 33 heavy (non-hydrogen) atoms. The Morgan fingerprint density at radius 2 is 1.52 bits per heavy atom. The van der Waals surface area contributed by atoms with Crippen LogP contribution in [-0.4, -0.2) is 6.54 Å². The first kappa shape index (κ1) is 23.5. The van der Waals surface area contributed by atoms with Crippen LogP contribution >= 0.6 is 11.3 Å². The Labute approximate surface area is 217 Å². The summed E-state index contributed by atoms with van der Waals surface area (Å²) in [6.45, 7) is 5.36. The van der Waals surface area contributed by atoms with Gasteiger partial charge < -0.3 is 28.9 Å². The summed E-state index contributed by atoms with van der Waals surface area (Å²) >= 11 is 1.85. The molecule has 1 aliphatic heterocycles. The molecule has 0 aliphatic carbocycles. The quantitative estimate of drug-likeness (QED) is 0.268. The SMILES string of the molecule is CCN1C(=Cc2sc(C)c(-c3ccccc3)[n+]2C)C=Cc2cc(-c3ccccc3)ccc21.[I-]. The Balaban J connectivity index is 0.00000259. The average Bonchev–Trinajstić information content (AvgIpc) is 3.12. The molecule has 2 heterocycles. The molecule has 166 valence electrons. The van der Waals surface area contributed by atoms with Gasteiger partial charge >= 0.3 is 0 Å². The second-order valence-electron chi connectivity index (χ2n) is 8.06. The molecule has 0 unspecified atom stereocenters. The molecule has 0 bridgehead atoms. The Morgan fingerprint density at radius 3 is 2.18 bits per heavy atom. The molecule has 0 N–H and O–H groups in total. The number of nitrogens with zero attached hydrogens (tertiary/aromatic N) is 2. The summed E-state index contributed by atoms with van der Waals surface area (Å²) in [5.74, 6) is 0. The van der Waals surface area contributed by atoms with Crippen molar-refractivity contribution in [3.63, 3.8) is 0 Å². The zero-order valence-corrected chi connectivity index (χ0v) is 22.1. The lowest BCUT2D eigenvalue weighted by molar-refractivity contribution is -0.657. The van der Waals surface area contributed by atoms with Crippen LogP contribution in [0.3, 0.4) is 0 Å². The minimum atomic E-state index is 0. The number of aryl methyl sites for hydroxylation is 1. The fourth-order valence-electron chi connectivity index (χ4n) is 4.49. The highest BCUT2D eigenvalue weighted by atomic mass is 127. The van der Waals surface area contributed by atoms with Gasteiger partial charge in [0.1, 0.15) is 7.05 Å². The average molecular weight is 563 g/mol. The number of likely N-dealkylation sites (N-methyl/N-ethyl adjacent to an activating group) is 1. The number of aromatic nitrogens is 1.